The number of ether oxygens (including phenoxy) is 3. The van der Waals surface area contributed by atoms with Crippen LogP contribution in [-0.4, -0.2) is 58.5 Å². The van der Waals surface area contributed by atoms with Gasteiger partial charge in [0.25, 0.3) is 0 Å². The van der Waals surface area contributed by atoms with Gasteiger partial charge in [0.15, 0.2) is 11.5 Å². The summed E-state index contributed by atoms with van der Waals surface area (Å²) in [7, 11) is 5.41. The molecule has 1 aliphatic heterocycles. The molecule has 21 heavy (non-hydrogen) atoms. The fraction of sp³-hybridized carbons (Fsp3) is 0.600. The van der Waals surface area contributed by atoms with Crippen molar-refractivity contribution in [3.63, 3.8) is 0 Å². The Morgan fingerprint density at radius 1 is 1.33 bits per heavy atom. The van der Waals surface area contributed by atoms with Gasteiger partial charge in [-0.1, -0.05) is 15.9 Å². The lowest BCUT2D eigenvalue weighted by Gasteiger charge is -2.30. The molecule has 1 N–H and O–H groups in total. The molecule has 0 spiro atoms. The highest BCUT2D eigenvalue weighted by atomic mass is 79.9. The molecule has 5 nitrogen and oxygen atoms in total. The third kappa shape index (κ3) is 4.57. The normalized spacial score (nSPS) is 19.5. The van der Waals surface area contributed by atoms with Crippen LogP contribution in [0.15, 0.2) is 16.6 Å². The summed E-state index contributed by atoms with van der Waals surface area (Å²) in [4.78, 5) is 2.29. The van der Waals surface area contributed by atoms with Crippen molar-refractivity contribution in [2.45, 2.75) is 12.6 Å². The maximum absolute atomic E-state index is 5.74. The SMILES string of the molecule is COc1cc(Br)c(CNC[C@H]2CN(C)CCO2)cc1OC. The molecule has 0 unspecified atom stereocenters. The molecular formula is C15H23BrN2O3. The van der Waals surface area contributed by atoms with Crippen LogP contribution >= 0.6 is 15.9 Å². The number of methoxy groups -OCH3 is 2. The van der Waals surface area contributed by atoms with Crippen molar-refractivity contribution < 1.29 is 14.2 Å². The van der Waals surface area contributed by atoms with Crippen molar-refractivity contribution in [3.8, 4) is 11.5 Å². The summed E-state index contributed by atoms with van der Waals surface area (Å²) in [6, 6.07) is 3.92. The number of halogens is 1. The molecule has 0 aromatic heterocycles. The topological polar surface area (TPSA) is 43.0 Å². The lowest BCUT2D eigenvalue weighted by molar-refractivity contribution is -0.0182. The Hall–Kier alpha value is -0.820. The number of likely N-dealkylation sites (N-methyl/N-ethyl adjacent to an activating group) is 1. The largest absolute Gasteiger partial charge is 0.493 e. The number of benzene rings is 1. The summed E-state index contributed by atoms with van der Waals surface area (Å²) < 4.78 is 17.4. The van der Waals surface area contributed by atoms with Gasteiger partial charge < -0.3 is 24.4 Å². The number of hydrogen-bond donors (Lipinski definition) is 1. The molecule has 1 atom stereocenters. The van der Waals surface area contributed by atoms with Crippen molar-refractivity contribution >= 4 is 15.9 Å². The highest BCUT2D eigenvalue weighted by molar-refractivity contribution is 9.10. The Bertz CT molecular complexity index is 470. The van der Waals surface area contributed by atoms with E-state index in [9.17, 15) is 0 Å². The van der Waals surface area contributed by atoms with Crippen molar-refractivity contribution in [1.29, 1.82) is 0 Å². The van der Waals surface area contributed by atoms with E-state index < -0.39 is 0 Å². The van der Waals surface area contributed by atoms with Gasteiger partial charge in [-0.2, -0.15) is 0 Å². The minimum atomic E-state index is 0.252. The highest BCUT2D eigenvalue weighted by Crippen LogP contribution is 2.33. The molecule has 2 rings (SSSR count). The second-order valence-electron chi connectivity index (χ2n) is 5.18. The van der Waals surface area contributed by atoms with Crippen molar-refractivity contribution in [1.82, 2.24) is 10.2 Å². The quantitative estimate of drug-likeness (QED) is 0.840. The Balaban J connectivity index is 1.90. The molecule has 0 saturated carbocycles. The maximum Gasteiger partial charge on any atom is 0.161 e. The summed E-state index contributed by atoms with van der Waals surface area (Å²) in [5, 5.41) is 3.44. The fourth-order valence-corrected chi connectivity index (χ4v) is 2.85. The first kappa shape index (κ1) is 16.5. The van der Waals surface area contributed by atoms with Crippen molar-refractivity contribution in [2.75, 3.05) is 47.5 Å². The van der Waals surface area contributed by atoms with Gasteiger partial charge in [-0.25, -0.2) is 0 Å². The average Bonchev–Trinajstić information content (AvgIpc) is 2.48. The molecule has 1 aliphatic rings. The van der Waals surface area contributed by atoms with Crippen LogP contribution < -0.4 is 14.8 Å². The maximum atomic E-state index is 5.74. The summed E-state index contributed by atoms with van der Waals surface area (Å²) in [6.45, 7) is 4.39. The molecule has 1 saturated heterocycles. The number of hydrogen-bond acceptors (Lipinski definition) is 5. The molecular weight excluding hydrogens is 336 g/mol. The van der Waals surface area contributed by atoms with Crippen molar-refractivity contribution in [3.05, 3.63) is 22.2 Å². The van der Waals surface area contributed by atoms with E-state index in [1.165, 1.54) is 0 Å². The Labute approximate surface area is 134 Å². The summed E-state index contributed by atoms with van der Waals surface area (Å²) in [6.07, 6.45) is 0.252. The smallest absolute Gasteiger partial charge is 0.161 e. The van der Waals surface area contributed by atoms with Gasteiger partial charge in [0.05, 0.1) is 26.9 Å². The molecule has 0 radical (unpaired) electrons. The summed E-state index contributed by atoms with van der Waals surface area (Å²) in [5.74, 6) is 1.47. The van der Waals surface area contributed by atoms with Crippen LogP contribution in [-0.2, 0) is 11.3 Å². The van der Waals surface area contributed by atoms with Crippen LogP contribution in [0.3, 0.4) is 0 Å². The summed E-state index contributed by atoms with van der Waals surface area (Å²) >= 11 is 3.57. The first-order valence-electron chi connectivity index (χ1n) is 7.05. The second kappa shape index (κ2) is 7.98. The first-order chi connectivity index (χ1) is 10.1. The molecule has 0 amide bonds. The van der Waals surface area contributed by atoms with E-state index in [0.29, 0.717) is 0 Å². The lowest BCUT2D eigenvalue weighted by Crippen LogP contribution is -2.44. The number of morpholine rings is 1. The zero-order valence-corrected chi connectivity index (χ0v) is 14.4. The minimum absolute atomic E-state index is 0.252. The Morgan fingerprint density at radius 2 is 2.05 bits per heavy atom. The second-order valence-corrected chi connectivity index (χ2v) is 6.04. The number of nitrogens with one attached hydrogen (secondary N) is 1. The van der Waals surface area contributed by atoms with E-state index >= 15 is 0 Å². The first-order valence-corrected chi connectivity index (χ1v) is 7.84. The molecule has 118 valence electrons. The third-order valence-corrected chi connectivity index (χ3v) is 4.32. The lowest BCUT2D eigenvalue weighted by atomic mass is 10.2. The van der Waals surface area contributed by atoms with Crippen LogP contribution in [0, 0.1) is 0 Å². The van der Waals surface area contributed by atoms with E-state index in [2.05, 4.69) is 33.2 Å². The molecule has 1 aromatic rings. The Kier molecular flexibility index (Phi) is 6.29. The molecule has 0 bridgehead atoms. The van der Waals surface area contributed by atoms with Crippen LogP contribution in [0.25, 0.3) is 0 Å². The van der Waals surface area contributed by atoms with E-state index in [1.54, 1.807) is 14.2 Å². The third-order valence-electron chi connectivity index (χ3n) is 3.58. The number of nitrogens with zero attached hydrogens (tertiary/aromatic N) is 1. The predicted molar refractivity (Wildman–Crippen MR) is 86.2 cm³/mol. The zero-order valence-electron chi connectivity index (χ0n) is 12.8. The van der Waals surface area contributed by atoms with Crippen LogP contribution in [0.1, 0.15) is 5.56 Å². The van der Waals surface area contributed by atoms with Gasteiger partial charge in [0, 0.05) is 30.7 Å². The molecule has 1 fully saturated rings. The minimum Gasteiger partial charge on any atom is -0.493 e. The van der Waals surface area contributed by atoms with E-state index in [1.807, 2.05) is 12.1 Å². The Morgan fingerprint density at radius 3 is 2.71 bits per heavy atom. The molecule has 1 heterocycles. The van der Waals surface area contributed by atoms with Gasteiger partial charge in [-0.15, -0.1) is 0 Å². The van der Waals surface area contributed by atoms with Gasteiger partial charge in [-0.05, 0) is 24.7 Å². The zero-order chi connectivity index (χ0) is 15.2. The van der Waals surface area contributed by atoms with Crippen LogP contribution in [0.4, 0.5) is 0 Å². The summed E-state index contributed by atoms with van der Waals surface area (Å²) in [5.41, 5.74) is 1.14. The average molecular weight is 359 g/mol. The van der Waals surface area contributed by atoms with Crippen LogP contribution in [0.5, 0.6) is 11.5 Å². The van der Waals surface area contributed by atoms with E-state index in [-0.39, 0.29) is 6.10 Å². The van der Waals surface area contributed by atoms with Gasteiger partial charge in [0.2, 0.25) is 0 Å². The van der Waals surface area contributed by atoms with Crippen LogP contribution in [0.2, 0.25) is 0 Å². The van der Waals surface area contributed by atoms with Gasteiger partial charge >= 0.3 is 0 Å². The molecule has 1 aromatic carbocycles. The fourth-order valence-electron chi connectivity index (χ4n) is 2.39. The standard InChI is InChI=1S/C15H23BrN2O3/c1-18-4-5-21-12(10-18)9-17-8-11-6-14(19-2)15(20-3)7-13(11)16/h6-7,12,17H,4-5,8-10H2,1-3H3/t12-/m0/s1. The number of rotatable bonds is 6. The van der Waals surface area contributed by atoms with Gasteiger partial charge in [-0.3, -0.25) is 0 Å². The monoisotopic (exact) mass is 358 g/mol. The predicted octanol–water partition coefficient (Wildman–Crippen LogP) is 1.89. The van der Waals surface area contributed by atoms with Gasteiger partial charge in [0.1, 0.15) is 0 Å². The van der Waals surface area contributed by atoms with E-state index in [4.69, 9.17) is 14.2 Å². The molecule has 0 aliphatic carbocycles. The highest BCUT2D eigenvalue weighted by Gasteiger charge is 2.17. The van der Waals surface area contributed by atoms with Crippen molar-refractivity contribution in [2.24, 2.45) is 0 Å². The van der Waals surface area contributed by atoms with E-state index in [0.717, 1.165) is 54.3 Å². The molecule has 6 heteroatoms.